The number of amides is 1. The molecule has 7 heteroatoms. The summed E-state index contributed by atoms with van der Waals surface area (Å²) in [6, 6.07) is -0.200. The first-order chi connectivity index (χ1) is 10.0. The van der Waals surface area contributed by atoms with Gasteiger partial charge in [-0.05, 0) is 20.8 Å². The molecule has 1 atom stereocenters. The van der Waals surface area contributed by atoms with Crippen LogP contribution < -0.4 is 5.32 Å². The van der Waals surface area contributed by atoms with Crippen LogP contribution in [0.2, 0.25) is 0 Å². The average molecular weight is 302 g/mol. The minimum absolute atomic E-state index is 0.0323. The largest absolute Gasteiger partial charge is 0.464 e. The van der Waals surface area contributed by atoms with Crippen molar-refractivity contribution in [1.82, 2.24) is 10.2 Å². The van der Waals surface area contributed by atoms with Gasteiger partial charge in [-0.1, -0.05) is 0 Å². The molecule has 1 aliphatic rings. The molecule has 0 aromatic carbocycles. The van der Waals surface area contributed by atoms with Crippen molar-refractivity contribution in [2.75, 3.05) is 46.1 Å². The van der Waals surface area contributed by atoms with Crippen LogP contribution in [0.25, 0.3) is 0 Å². The molecule has 0 spiro atoms. The molecule has 122 valence electrons. The highest BCUT2D eigenvalue weighted by atomic mass is 16.6. The normalized spacial score (nSPS) is 19.5. The molecule has 1 amide bonds. The quantitative estimate of drug-likeness (QED) is 0.494. The van der Waals surface area contributed by atoms with E-state index in [1.54, 1.807) is 6.92 Å². The summed E-state index contributed by atoms with van der Waals surface area (Å²) in [7, 11) is 0. The van der Waals surface area contributed by atoms with Crippen LogP contribution in [-0.2, 0) is 23.8 Å². The minimum Gasteiger partial charge on any atom is -0.464 e. The first-order valence-corrected chi connectivity index (χ1v) is 7.40. The van der Waals surface area contributed by atoms with E-state index in [-0.39, 0.29) is 30.6 Å². The van der Waals surface area contributed by atoms with Crippen LogP contribution in [0.1, 0.15) is 20.8 Å². The maximum atomic E-state index is 12.1. The van der Waals surface area contributed by atoms with Crippen molar-refractivity contribution in [2.24, 2.45) is 0 Å². The third-order valence-corrected chi connectivity index (χ3v) is 3.02. The fourth-order valence-electron chi connectivity index (χ4n) is 2.07. The van der Waals surface area contributed by atoms with Gasteiger partial charge in [-0.25, -0.2) is 4.79 Å². The van der Waals surface area contributed by atoms with E-state index in [2.05, 4.69) is 5.32 Å². The molecule has 1 saturated heterocycles. The zero-order chi connectivity index (χ0) is 15.7. The first-order valence-electron chi connectivity index (χ1n) is 7.40. The summed E-state index contributed by atoms with van der Waals surface area (Å²) in [5.74, 6) is -0.399. The maximum Gasteiger partial charge on any atom is 0.332 e. The summed E-state index contributed by atoms with van der Waals surface area (Å²) in [5.41, 5.74) is 0. The second kappa shape index (κ2) is 9.70. The Morgan fingerprint density at radius 3 is 2.86 bits per heavy atom. The monoisotopic (exact) mass is 302 g/mol. The van der Waals surface area contributed by atoms with E-state index in [1.165, 1.54) is 0 Å². The third kappa shape index (κ3) is 6.88. The average Bonchev–Trinajstić information content (AvgIpc) is 2.43. The SMILES string of the molecule is CCOC(=O)COCCN1CCOCC1C(=O)NC(C)C. The lowest BCUT2D eigenvalue weighted by Gasteiger charge is -2.34. The molecule has 0 bridgehead atoms. The lowest BCUT2D eigenvalue weighted by molar-refractivity contribution is -0.149. The van der Waals surface area contributed by atoms with E-state index in [9.17, 15) is 9.59 Å². The zero-order valence-corrected chi connectivity index (χ0v) is 13.1. The Morgan fingerprint density at radius 2 is 2.19 bits per heavy atom. The molecule has 0 aromatic rings. The molecule has 0 radical (unpaired) electrons. The van der Waals surface area contributed by atoms with E-state index in [4.69, 9.17) is 14.2 Å². The molecule has 1 unspecified atom stereocenters. The Kier molecular flexibility index (Phi) is 8.26. The molecule has 1 N–H and O–H groups in total. The lowest BCUT2D eigenvalue weighted by Crippen LogP contribution is -2.55. The predicted molar refractivity (Wildman–Crippen MR) is 76.9 cm³/mol. The number of hydrogen-bond acceptors (Lipinski definition) is 6. The highest BCUT2D eigenvalue weighted by Crippen LogP contribution is 2.07. The van der Waals surface area contributed by atoms with Gasteiger partial charge < -0.3 is 19.5 Å². The van der Waals surface area contributed by atoms with Gasteiger partial charge in [0.2, 0.25) is 5.91 Å². The smallest absolute Gasteiger partial charge is 0.332 e. The summed E-state index contributed by atoms with van der Waals surface area (Å²) in [6.07, 6.45) is 0. The van der Waals surface area contributed by atoms with Crippen LogP contribution in [-0.4, -0.2) is 75.0 Å². The van der Waals surface area contributed by atoms with Gasteiger partial charge in [0.1, 0.15) is 12.6 Å². The van der Waals surface area contributed by atoms with E-state index in [0.29, 0.717) is 39.5 Å². The summed E-state index contributed by atoms with van der Waals surface area (Å²) in [4.78, 5) is 25.3. The molecular formula is C14H26N2O5. The Morgan fingerprint density at radius 1 is 1.43 bits per heavy atom. The number of carbonyl (C=O) groups excluding carboxylic acids is 2. The standard InChI is InChI=1S/C14H26N2O5/c1-4-21-13(17)10-20-8-6-16-5-7-19-9-12(16)14(18)15-11(2)3/h11-12H,4-10H2,1-3H3,(H,15,18). The second-order valence-electron chi connectivity index (χ2n) is 5.15. The van der Waals surface area contributed by atoms with Gasteiger partial charge in [0.25, 0.3) is 0 Å². The van der Waals surface area contributed by atoms with E-state index >= 15 is 0 Å². The number of rotatable bonds is 8. The number of morpholine rings is 1. The fraction of sp³-hybridized carbons (Fsp3) is 0.857. The highest BCUT2D eigenvalue weighted by Gasteiger charge is 2.29. The molecule has 0 aromatic heterocycles. The summed E-state index contributed by atoms with van der Waals surface area (Å²) in [5, 5.41) is 2.89. The molecule has 0 saturated carbocycles. The Labute approximate surface area is 125 Å². The lowest BCUT2D eigenvalue weighted by atomic mass is 10.2. The maximum absolute atomic E-state index is 12.1. The van der Waals surface area contributed by atoms with Crippen LogP contribution in [0.5, 0.6) is 0 Å². The number of ether oxygens (including phenoxy) is 3. The van der Waals surface area contributed by atoms with Gasteiger partial charge in [-0.15, -0.1) is 0 Å². The fourth-order valence-corrected chi connectivity index (χ4v) is 2.07. The van der Waals surface area contributed by atoms with Gasteiger partial charge >= 0.3 is 5.97 Å². The second-order valence-corrected chi connectivity index (χ2v) is 5.15. The van der Waals surface area contributed by atoms with Gasteiger partial charge in [-0.3, -0.25) is 9.69 Å². The van der Waals surface area contributed by atoms with Crippen LogP contribution in [0.15, 0.2) is 0 Å². The van der Waals surface area contributed by atoms with Crippen LogP contribution in [0, 0.1) is 0 Å². The molecule has 1 heterocycles. The van der Waals surface area contributed by atoms with Gasteiger partial charge in [0, 0.05) is 19.1 Å². The summed E-state index contributed by atoms with van der Waals surface area (Å²) in [6.45, 7) is 8.53. The van der Waals surface area contributed by atoms with E-state index in [0.717, 1.165) is 0 Å². The van der Waals surface area contributed by atoms with Gasteiger partial charge in [-0.2, -0.15) is 0 Å². The van der Waals surface area contributed by atoms with Crippen molar-refractivity contribution >= 4 is 11.9 Å². The topological polar surface area (TPSA) is 77.1 Å². The Hall–Kier alpha value is -1.18. The molecular weight excluding hydrogens is 276 g/mol. The number of esters is 1. The number of nitrogens with one attached hydrogen (secondary N) is 1. The number of nitrogens with zero attached hydrogens (tertiary/aromatic N) is 1. The van der Waals surface area contributed by atoms with Crippen LogP contribution >= 0.6 is 0 Å². The summed E-state index contributed by atoms with van der Waals surface area (Å²) < 4.78 is 15.4. The van der Waals surface area contributed by atoms with Crippen molar-refractivity contribution in [3.63, 3.8) is 0 Å². The number of hydrogen-bond donors (Lipinski definition) is 1. The molecule has 1 rings (SSSR count). The summed E-state index contributed by atoms with van der Waals surface area (Å²) >= 11 is 0. The van der Waals surface area contributed by atoms with Crippen molar-refractivity contribution < 1.29 is 23.8 Å². The molecule has 21 heavy (non-hydrogen) atoms. The molecule has 0 aliphatic carbocycles. The molecule has 1 fully saturated rings. The number of carbonyl (C=O) groups is 2. The zero-order valence-electron chi connectivity index (χ0n) is 13.1. The van der Waals surface area contributed by atoms with Crippen LogP contribution in [0.3, 0.4) is 0 Å². The molecule has 7 nitrogen and oxygen atoms in total. The van der Waals surface area contributed by atoms with E-state index < -0.39 is 0 Å². The molecule has 1 aliphatic heterocycles. The van der Waals surface area contributed by atoms with E-state index in [1.807, 2.05) is 18.7 Å². The van der Waals surface area contributed by atoms with Gasteiger partial charge in [0.15, 0.2) is 0 Å². The highest BCUT2D eigenvalue weighted by molar-refractivity contribution is 5.82. The Balaban J connectivity index is 2.33. The Bertz CT molecular complexity index is 335. The van der Waals surface area contributed by atoms with Crippen molar-refractivity contribution in [2.45, 2.75) is 32.9 Å². The minimum atomic E-state index is -0.367. The first kappa shape index (κ1) is 17.9. The van der Waals surface area contributed by atoms with Crippen molar-refractivity contribution in [3.8, 4) is 0 Å². The van der Waals surface area contributed by atoms with Crippen LogP contribution in [0.4, 0.5) is 0 Å². The predicted octanol–water partition coefficient (Wildman–Crippen LogP) is -0.208. The van der Waals surface area contributed by atoms with Crippen molar-refractivity contribution in [1.29, 1.82) is 0 Å². The van der Waals surface area contributed by atoms with Crippen molar-refractivity contribution in [3.05, 3.63) is 0 Å². The van der Waals surface area contributed by atoms with Gasteiger partial charge in [0.05, 0.1) is 26.4 Å². The third-order valence-electron chi connectivity index (χ3n) is 3.02.